The molecule has 0 N–H and O–H groups in total. The summed E-state index contributed by atoms with van der Waals surface area (Å²) in [6.45, 7) is 11.8. The van der Waals surface area contributed by atoms with Crippen LogP contribution in [0.5, 0.6) is 11.5 Å². The van der Waals surface area contributed by atoms with Crippen LogP contribution in [0.25, 0.3) is 0 Å². The smallest absolute Gasteiger partial charge is 0.415 e. The van der Waals surface area contributed by atoms with Crippen LogP contribution >= 0.6 is 7.60 Å². The number of hydrogen-bond acceptors (Lipinski definition) is 3. The standard InChI is InChI=1S/C20H27O3P/c1-7-18(6)24(21,22-19-14(2)10-8-11-15(19)3)23-20-16(4)12-9-13-17(20)5/h8-13,18H,7H2,1-6H3. The lowest BCUT2D eigenvalue weighted by Crippen LogP contribution is -2.14. The van der Waals surface area contributed by atoms with Crippen LogP contribution in [0.4, 0.5) is 0 Å². The van der Waals surface area contributed by atoms with Crippen molar-refractivity contribution in [3.05, 3.63) is 58.7 Å². The maximum absolute atomic E-state index is 13.6. The lowest BCUT2D eigenvalue weighted by molar-refractivity contribution is 0.368. The first kappa shape index (κ1) is 18.6. The number of aryl methyl sites for hydroxylation is 4. The lowest BCUT2D eigenvalue weighted by atomic mass is 10.1. The van der Waals surface area contributed by atoms with Gasteiger partial charge in [0, 0.05) is 0 Å². The van der Waals surface area contributed by atoms with Crippen molar-refractivity contribution in [2.24, 2.45) is 0 Å². The average Bonchev–Trinajstić information content (AvgIpc) is 2.54. The highest BCUT2D eigenvalue weighted by Gasteiger charge is 2.36. The Morgan fingerprint density at radius 3 is 1.46 bits per heavy atom. The van der Waals surface area contributed by atoms with Crippen molar-refractivity contribution >= 4 is 7.60 Å². The van der Waals surface area contributed by atoms with Crippen LogP contribution in [0, 0.1) is 27.7 Å². The van der Waals surface area contributed by atoms with E-state index in [1.54, 1.807) is 0 Å². The van der Waals surface area contributed by atoms with Crippen LogP contribution in [0.2, 0.25) is 0 Å². The summed E-state index contributed by atoms with van der Waals surface area (Å²) < 4.78 is 25.8. The summed E-state index contributed by atoms with van der Waals surface area (Å²) in [7, 11) is -3.36. The molecule has 2 rings (SSSR count). The minimum atomic E-state index is -3.36. The van der Waals surface area contributed by atoms with Crippen molar-refractivity contribution in [2.45, 2.75) is 53.6 Å². The van der Waals surface area contributed by atoms with Gasteiger partial charge in [0.15, 0.2) is 0 Å². The maximum atomic E-state index is 13.6. The highest BCUT2D eigenvalue weighted by atomic mass is 31.2. The monoisotopic (exact) mass is 346 g/mol. The largest absolute Gasteiger partial charge is 0.433 e. The van der Waals surface area contributed by atoms with E-state index in [2.05, 4.69) is 0 Å². The first-order valence-electron chi connectivity index (χ1n) is 8.39. The van der Waals surface area contributed by atoms with Gasteiger partial charge in [-0.15, -0.1) is 0 Å². The van der Waals surface area contributed by atoms with E-state index in [9.17, 15) is 4.57 Å². The van der Waals surface area contributed by atoms with Crippen molar-refractivity contribution in [2.75, 3.05) is 0 Å². The predicted molar refractivity (Wildman–Crippen MR) is 100 cm³/mol. The summed E-state index contributed by atoms with van der Waals surface area (Å²) >= 11 is 0. The third-order valence-electron chi connectivity index (χ3n) is 4.39. The molecule has 0 aromatic heterocycles. The molecule has 0 spiro atoms. The van der Waals surface area contributed by atoms with Crippen molar-refractivity contribution in [3.8, 4) is 11.5 Å². The Morgan fingerprint density at radius 2 is 1.17 bits per heavy atom. The molecule has 0 aliphatic carbocycles. The van der Waals surface area contributed by atoms with Gasteiger partial charge in [0.05, 0.1) is 5.66 Å². The van der Waals surface area contributed by atoms with Gasteiger partial charge in [0.2, 0.25) is 0 Å². The molecular formula is C20H27O3P. The molecule has 0 saturated heterocycles. The average molecular weight is 346 g/mol. The zero-order chi connectivity index (χ0) is 17.9. The number of hydrogen-bond donors (Lipinski definition) is 0. The molecule has 0 saturated carbocycles. The SMILES string of the molecule is CCC(C)P(=O)(Oc1c(C)cccc1C)Oc1c(C)cccc1C. The lowest BCUT2D eigenvalue weighted by Gasteiger charge is -2.27. The number of benzene rings is 2. The van der Waals surface area contributed by atoms with E-state index >= 15 is 0 Å². The van der Waals surface area contributed by atoms with Crippen LogP contribution in [-0.4, -0.2) is 5.66 Å². The molecule has 0 amide bonds. The van der Waals surface area contributed by atoms with Crippen LogP contribution in [0.1, 0.15) is 42.5 Å². The Hall–Kier alpha value is -1.73. The third-order valence-corrected chi connectivity index (χ3v) is 6.70. The van der Waals surface area contributed by atoms with E-state index in [1.807, 2.05) is 77.9 Å². The van der Waals surface area contributed by atoms with Gasteiger partial charge in [-0.3, -0.25) is 0 Å². The molecule has 0 aliphatic heterocycles. The molecule has 1 unspecified atom stereocenters. The van der Waals surface area contributed by atoms with Gasteiger partial charge < -0.3 is 9.05 Å². The van der Waals surface area contributed by atoms with Crippen LogP contribution in [0.3, 0.4) is 0 Å². The van der Waals surface area contributed by atoms with E-state index in [-0.39, 0.29) is 5.66 Å². The quantitative estimate of drug-likeness (QED) is 0.570. The second-order valence-electron chi connectivity index (χ2n) is 6.42. The molecule has 0 aliphatic rings. The number of para-hydroxylation sites is 2. The fourth-order valence-electron chi connectivity index (χ4n) is 2.56. The van der Waals surface area contributed by atoms with Gasteiger partial charge in [0.25, 0.3) is 0 Å². The van der Waals surface area contributed by atoms with Crippen molar-refractivity contribution < 1.29 is 13.6 Å². The predicted octanol–water partition coefficient (Wildman–Crippen LogP) is 6.37. The topological polar surface area (TPSA) is 35.5 Å². The van der Waals surface area contributed by atoms with Gasteiger partial charge in [-0.05, 0) is 63.3 Å². The first-order chi connectivity index (χ1) is 11.3. The molecule has 4 heteroatoms. The van der Waals surface area contributed by atoms with Gasteiger partial charge in [-0.25, -0.2) is 4.57 Å². The van der Waals surface area contributed by atoms with Gasteiger partial charge in [-0.2, -0.15) is 0 Å². The minimum Gasteiger partial charge on any atom is -0.415 e. The molecule has 2 aromatic carbocycles. The Kier molecular flexibility index (Phi) is 5.77. The van der Waals surface area contributed by atoms with Crippen LogP contribution in [0.15, 0.2) is 36.4 Å². The molecule has 3 nitrogen and oxygen atoms in total. The first-order valence-corrected chi connectivity index (χ1v) is 10.0. The Morgan fingerprint density at radius 1 is 0.833 bits per heavy atom. The molecule has 0 heterocycles. The molecule has 0 fully saturated rings. The van der Waals surface area contributed by atoms with Gasteiger partial charge in [0.1, 0.15) is 11.5 Å². The summed E-state index contributed by atoms with van der Waals surface area (Å²) in [5.41, 5.74) is 3.65. The van der Waals surface area contributed by atoms with E-state index in [0.717, 1.165) is 22.3 Å². The van der Waals surface area contributed by atoms with Gasteiger partial charge >= 0.3 is 7.60 Å². The maximum Gasteiger partial charge on any atom is 0.433 e. The second kappa shape index (κ2) is 7.44. The summed E-state index contributed by atoms with van der Waals surface area (Å²) in [5.74, 6) is 1.32. The Bertz CT molecular complexity index is 669. The normalized spacial score (nSPS) is 12.8. The zero-order valence-electron chi connectivity index (χ0n) is 15.4. The summed E-state index contributed by atoms with van der Waals surface area (Å²) in [5, 5.41) is 0. The van der Waals surface area contributed by atoms with Crippen molar-refractivity contribution in [3.63, 3.8) is 0 Å². The highest BCUT2D eigenvalue weighted by Crippen LogP contribution is 2.55. The van der Waals surface area contributed by atoms with E-state index < -0.39 is 7.60 Å². The fraction of sp³-hybridized carbons (Fsp3) is 0.400. The molecule has 130 valence electrons. The summed E-state index contributed by atoms with van der Waals surface area (Å²) in [6, 6.07) is 11.8. The molecular weight excluding hydrogens is 319 g/mol. The number of rotatable bonds is 6. The zero-order valence-corrected chi connectivity index (χ0v) is 16.3. The van der Waals surface area contributed by atoms with E-state index in [4.69, 9.17) is 9.05 Å². The second-order valence-corrected chi connectivity index (χ2v) is 8.75. The molecule has 0 bridgehead atoms. The summed E-state index contributed by atoms with van der Waals surface area (Å²) in [6.07, 6.45) is 0.715. The van der Waals surface area contributed by atoms with Gasteiger partial charge in [-0.1, -0.05) is 43.3 Å². The molecule has 2 aromatic rings. The van der Waals surface area contributed by atoms with E-state index in [1.165, 1.54) is 0 Å². The van der Waals surface area contributed by atoms with Crippen molar-refractivity contribution in [1.82, 2.24) is 0 Å². The molecule has 24 heavy (non-hydrogen) atoms. The fourth-order valence-corrected chi connectivity index (χ4v) is 4.49. The Balaban J connectivity index is 2.46. The van der Waals surface area contributed by atoms with Crippen LogP contribution < -0.4 is 9.05 Å². The summed E-state index contributed by atoms with van der Waals surface area (Å²) in [4.78, 5) is 0. The Labute approximate surface area is 145 Å². The third kappa shape index (κ3) is 3.84. The molecule has 1 atom stereocenters. The highest BCUT2D eigenvalue weighted by molar-refractivity contribution is 7.55. The van der Waals surface area contributed by atoms with Crippen molar-refractivity contribution in [1.29, 1.82) is 0 Å². The minimum absolute atomic E-state index is 0.199. The van der Waals surface area contributed by atoms with E-state index in [0.29, 0.717) is 17.9 Å². The van der Waals surface area contributed by atoms with Crippen LogP contribution in [-0.2, 0) is 4.57 Å². The molecule has 0 radical (unpaired) electrons.